The van der Waals surface area contributed by atoms with Gasteiger partial charge in [0.15, 0.2) is 0 Å². The van der Waals surface area contributed by atoms with Crippen LogP contribution in [0.4, 0.5) is 0 Å². The normalized spacial score (nSPS) is 32.8. The molecule has 1 aromatic rings. The summed E-state index contributed by atoms with van der Waals surface area (Å²) >= 11 is 0. The molecule has 2 fully saturated rings. The highest BCUT2D eigenvalue weighted by atomic mass is 15.3. The lowest BCUT2D eigenvalue weighted by atomic mass is 9.81. The van der Waals surface area contributed by atoms with Gasteiger partial charge < -0.3 is 10.6 Å². The van der Waals surface area contributed by atoms with Gasteiger partial charge in [-0.15, -0.1) is 0 Å². The van der Waals surface area contributed by atoms with E-state index in [1.165, 1.54) is 31.2 Å². The molecule has 2 atom stereocenters. The molecule has 2 aliphatic rings. The number of rotatable bonds is 5. The molecule has 2 bridgehead atoms. The Morgan fingerprint density at radius 2 is 1.81 bits per heavy atom. The van der Waals surface area contributed by atoms with Gasteiger partial charge in [0, 0.05) is 30.7 Å². The first-order valence-electron chi connectivity index (χ1n) is 8.32. The van der Waals surface area contributed by atoms with E-state index in [1.807, 2.05) is 0 Å². The molecule has 2 heterocycles. The number of nitrogens with zero attached hydrogens (tertiary/aromatic N) is 2. The van der Waals surface area contributed by atoms with Gasteiger partial charge in [-0.2, -0.15) is 0 Å². The summed E-state index contributed by atoms with van der Waals surface area (Å²) in [5.41, 5.74) is 7.88. The summed E-state index contributed by atoms with van der Waals surface area (Å²) in [6.45, 7) is 1.89. The maximum atomic E-state index is 6.25. The molecule has 0 saturated carbocycles. The predicted molar refractivity (Wildman–Crippen MR) is 88.4 cm³/mol. The van der Waals surface area contributed by atoms with Crippen molar-refractivity contribution in [1.29, 1.82) is 0 Å². The van der Waals surface area contributed by atoms with Gasteiger partial charge in [-0.3, -0.25) is 4.90 Å². The summed E-state index contributed by atoms with van der Waals surface area (Å²) in [6, 6.07) is 12.3. The number of nitrogens with two attached hydrogens (primary N) is 1. The molecule has 21 heavy (non-hydrogen) atoms. The number of hydrogen-bond donors (Lipinski definition) is 1. The van der Waals surface area contributed by atoms with E-state index in [1.54, 1.807) is 0 Å². The molecule has 0 spiro atoms. The van der Waals surface area contributed by atoms with Crippen LogP contribution in [0.1, 0.15) is 31.2 Å². The topological polar surface area (TPSA) is 32.5 Å². The van der Waals surface area contributed by atoms with Crippen LogP contribution < -0.4 is 5.73 Å². The molecule has 2 N–H and O–H groups in total. The fourth-order valence-electron chi connectivity index (χ4n) is 4.36. The Balaban J connectivity index is 1.66. The summed E-state index contributed by atoms with van der Waals surface area (Å²) in [7, 11) is 4.58. The standard InChI is InChI=1S/C18H29N3/c1-20(11-10-15-6-4-3-5-7-15)18(14-19)12-16-8-9-17(13-18)21(16)2/h3-7,16-17H,8-14,19H2,1-2H3. The van der Waals surface area contributed by atoms with Crippen molar-refractivity contribution >= 4 is 0 Å². The highest BCUT2D eigenvalue weighted by molar-refractivity contribution is 5.15. The Morgan fingerprint density at radius 1 is 1.19 bits per heavy atom. The average Bonchev–Trinajstić information content (AvgIpc) is 2.76. The highest BCUT2D eigenvalue weighted by Crippen LogP contribution is 2.41. The molecule has 116 valence electrons. The summed E-state index contributed by atoms with van der Waals surface area (Å²) in [5, 5.41) is 0. The molecule has 3 heteroatoms. The number of likely N-dealkylation sites (N-methyl/N-ethyl adjacent to an activating group) is 1. The number of benzene rings is 1. The van der Waals surface area contributed by atoms with E-state index in [0.29, 0.717) is 0 Å². The zero-order valence-electron chi connectivity index (χ0n) is 13.5. The summed E-state index contributed by atoms with van der Waals surface area (Å²) in [4.78, 5) is 5.15. The smallest absolute Gasteiger partial charge is 0.0358 e. The third-order valence-electron chi connectivity index (χ3n) is 5.98. The Labute approximate surface area is 129 Å². The molecular formula is C18H29N3. The lowest BCUT2D eigenvalue weighted by molar-refractivity contribution is 0.0169. The molecule has 2 saturated heterocycles. The van der Waals surface area contributed by atoms with E-state index >= 15 is 0 Å². The number of fused-ring (bicyclic) bond motifs is 2. The van der Waals surface area contributed by atoms with Gasteiger partial charge >= 0.3 is 0 Å². The van der Waals surface area contributed by atoms with Crippen LogP contribution in [0, 0.1) is 0 Å². The minimum Gasteiger partial charge on any atom is -0.329 e. The monoisotopic (exact) mass is 287 g/mol. The Hall–Kier alpha value is -0.900. The average molecular weight is 287 g/mol. The maximum Gasteiger partial charge on any atom is 0.0358 e. The van der Waals surface area contributed by atoms with E-state index in [2.05, 4.69) is 54.2 Å². The van der Waals surface area contributed by atoms with Gasteiger partial charge in [0.05, 0.1) is 0 Å². The third-order valence-corrected chi connectivity index (χ3v) is 5.98. The van der Waals surface area contributed by atoms with Gasteiger partial charge in [-0.1, -0.05) is 30.3 Å². The van der Waals surface area contributed by atoms with Gasteiger partial charge in [0.1, 0.15) is 0 Å². The van der Waals surface area contributed by atoms with E-state index in [4.69, 9.17) is 5.73 Å². The number of piperidine rings is 1. The van der Waals surface area contributed by atoms with E-state index in [0.717, 1.165) is 31.6 Å². The minimum absolute atomic E-state index is 0.215. The number of hydrogen-bond acceptors (Lipinski definition) is 3. The van der Waals surface area contributed by atoms with Crippen molar-refractivity contribution < 1.29 is 0 Å². The molecule has 2 aliphatic heterocycles. The second-order valence-electron chi connectivity index (χ2n) is 7.04. The van der Waals surface area contributed by atoms with Crippen LogP contribution in [-0.4, -0.2) is 54.6 Å². The summed E-state index contributed by atoms with van der Waals surface area (Å²) in [6.07, 6.45) is 6.30. The molecule has 3 nitrogen and oxygen atoms in total. The summed E-state index contributed by atoms with van der Waals surface area (Å²) in [5.74, 6) is 0. The minimum atomic E-state index is 0.215. The Morgan fingerprint density at radius 3 is 2.38 bits per heavy atom. The zero-order chi connectivity index (χ0) is 14.9. The van der Waals surface area contributed by atoms with E-state index in [-0.39, 0.29) is 5.54 Å². The maximum absolute atomic E-state index is 6.25. The fourth-order valence-corrected chi connectivity index (χ4v) is 4.36. The second kappa shape index (κ2) is 6.07. The lowest BCUT2D eigenvalue weighted by Gasteiger charge is -2.50. The van der Waals surface area contributed by atoms with Crippen LogP contribution in [0.25, 0.3) is 0 Å². The summed E-state index contributed by atoms with van der Waals surface area (Å²) < 4.78 is 0. The lowest BCUT2D eigenvalue weighted by Crippen LogP contribution is -2.61. The van der Waals surface area contributed by atoms with Crippen molar-refractivity contribution in [3.05, 3.63) is 35.9 Å². The van der Waals surface area contributed by atoms with Gasteiger partial charge in [-0.25, -0.2) is 0 Å². The molecule has 3 rings (SSSR count). The Kier molecular flexibility index (Phi) is 4.34. The molecular weight excluding hydrogens is 258 g/mol. The first-order chi connectivity index (χ1) is 10.1. The van der Waals surface area contributed by atoms with Crippen LogP contribution in [0.3, 0.4) is 0 Å². The van der Waals surface area contributed by atoms with E-state index in [9.17, 15) is 0 Å². The highest BCUT2D eigenvalue weighted by Gasteiger charge is 2.47. The van der Waals surface area contributed by atoms with Crippen LogP contribution >= 0.6 is 0 Å². The first kappa shape index (κ1) is 15.0. The van der Waals surface area contributed by atoms with E-state index < -0.39 is 0 Å². The zero-order valence-corrected chi connectivity index (χ0v) is 13.5. The van der Waals surface area contributed by atoms with Crippen molar-refractivity contribution in [2.45, 2.75) is 49.7 Å². The van der Waals surface area contributed by atoms with Crippen molar-refractivity contribution in [2.24, 2.45) is 5.73 Å². The molecule has 2 unspecified atom stereocenters. The van der Waals surface area contributed by atoms with Crippen LogP contribution in [0.2, 0.25) is 0 Å². The fraction of sp³-hybridized carbons (Fsp3) is 0.667. The van der Waals surface area contributed by atoms with Crippen LogP contribution in [0.15, 0.2) is 30.3 Å². The van der Waals surface area contributed by atoms with Gasteiger partial charge in [0.25, 0.3) is 0 Å². The first-order valence-corrected chi connectivity index (χ1v) is 8.32. The predicted octanol–water partition coefficient (Wildman–Crippen LogP) is 2.12. The molecule has 0 aromatic heterocycles. The second-order valence-corrected chi connectivity index (χ2v) is 7.04. The van der Waals surface area contributed by atoms with Crippen molar-refractivity contribution in [3.63, 3.8) is 0 Å². The van der Waals surface area contributed by atoms with Crippen molar-refractivity contribution in [1.82, 2.24) is 9.80 Å². The molecule has 1 aromatic carbocycles. The SMILES string of the molecule is CN1C2CCC1CC(CN)(N(C)CCc1ccccc1)C2. The van der Waals surface area contributed by atoms with Crippen molar-refractivity contribution in [3.8, 4) is 0 Å². The van der Waals surface area contributed by atoms with Gasteiger partial charge in [0.2, 0.25) is 0 Å². The Bertz CT molecular complexity index is 445. The molecule has 0 aliphatic carbocycles. The molecule has 0 radical (unpaired) electrons. The van der Waals surface area contributed by atoms with Crippen LogP contribution in [0.5, 0.6) is 0 Å². The molecule has 0 amide bonds. The van der Waals surface area contributed by atoms with Crippen molar-refractivity contribution in [2.75, 3.05) is 27.2 Å². The third kappa shape index (κ3) is 2.87. The van der Waals surface area contributed by atoms with Gasteiger partial charge in [-0.05, 0) is 51.8 Å². The largest absolute Gasteiger partial charge is 0.329 e. The quantitative estimate of drug-likeness (QED) is 0.900. The van der Waals surface area contributed by atoms with Crippen LogP contribution in [-0.2, 0) is 6.42 Å².